The minimum absolute atomic E-state index is 0.965. The molecular formula is C13H18N4. The van der Waals surface area contributed by atoms with E-state index in [0.29, 0.717) is 0 Å². The van der Waals surface area contributed by atoms with Crippen LogP contribution in [-0.2, 0) is 13.5 Å². The quantitative estimate of drug-likeness (QED) is 0.866. The van der Waals surface area contributed by atoms with Gasteiger partial charge >= 0.3 is 0 Å². The molecule has 0 saturated carbocycles. The predicted molar refractivity (Wildman–Crippen MR) is 68.8 cm³/mol. The lowest BCUT2D eigenvalue weighted by atomic mass is 10.1. The molecule has 2 aromatic heterocycles. The van der Waals surface area contributed by atoms with Gasteiger partial charge in [-0.1, -0.05) is 0 Å². The van der Waals surface area contributed by atoms with E-state index in [1.165, 1.54) is 11.3 Å². The zero-order valence-electron chi connectivity index (χ0n) is 10.6. The van der Waals surface area contributed by atoms with Crippen LogP contribution in [0.1, 0.15) is 11.3 Å². The maximum absolute atomic E-state index is 4.58. The number of nitrogens with one attached hydrogen (secondary N) is 1. The summed E-state index contributed by atoms with van der Waals surface area (Å²) in [7, 11) is 3.96. The zero-order valence-corrected chi connectivity index (χ0v) is 10.6. The van der Waals surface area contributed by atoms with Gasteiger partial charge in [-0.2, -0.15) is 5.10 Å². The van der Waals surface area contributed by atoms with Crippen molar-refractivity contribution in [2.45, 2.75) is 13.3 Å². The van der Waals surface area contributed by atoms with Crippen molar-refractivity contribution in [2.24, 2.45) is 7.05 Å². The summed E-state index contributed by atoms with van der Waals surface area (Å²) in [6.45, 7) is 3.09. The van der Waals surface area contributed by atoms with Crippen molar-refractivity contribution < 1.29 is 0 Å². The minimum Gasteiger partial charge on any atom is -0.319 e. The molecular weight excluding hydrogens is 212 g/mol. The first-order valence-electron chi connectivity index (χ1n) is 5.81. The van der Waals surface area contributed by atoms with Crippen molar-refractivity contribution in [3.63, 3.8) is 0 Å². The number of hydrogen-bond donors (Lipinski definition) is 1. The van der Waals surface area contributed by atoms with Crippen molar-refractivity contribution in [1.82, 2.24) is 20.1 Å². The molecule has 2 aromatic rings. The SMILES string of the molecule is CNCCc1c(C)c(-c2cccnc2)nn1C. The summed E-state index contributed by atoms with van der Waals surface area (Å²) in [6, 6.07) is 3.99. The van der Waals surface area contributed by atoms with E-state index in [0.717, 1.165) is 24.2 Å². The van der Waals surface area contributed by atoms with E-state index in [-0.39, 0.29) is 0 Å². The first-order chi connectivity index (χ1) is 8.24. The molecule has 0 bridgehead atoms. The Labute approximate surface area is 102 Å². The molecule has 1 N–H and O–H groups in total. The topological polar surface area (TPSA) is 42.7 Å². The van der Waals surface area contributed by atoms with E-state index in [4.69, 9.17) is 0 Å². The van der Waals surface area contributed by atoms with Gasteiger partial charge in [0.25, 0.3) is 0 Å². The monoisotopic (exact) mass is 230 g/mol. The van der Waals surface area contributed by atoms with Crippen LogP contribution in [0.15, 0.2) is 24.5 Å². The largest absolute Gasteiger partial charge is 0.319 e. The molecule has 0 spiro atoms. The summed E-state index contributed by atoms with van der Waals surface area (Å²) in [5.74, 6) is 0. The molecule has 0 aliphatic heterocycles. The number of aryl methyl sites for hydroxylation is 1. The molecule has 0 saturated heterocycles. The van der Waals surface area contributed by atoms with Gasteiger partial charge < -0.3 is 5.32 Å². The highest BCUT2D eigenvalue weighted by molar-refractivity contribution is 5.62. The normalized spacial score (nSPS) is 10.8. The van der Waals surface area contributed by atoms with E-state index in [2.05, 4.69) is 22.3 Å². The van der Waals surface area contributed by atoms with Crippen molar-refractivity contribution in [3.8, 4) is 11.3 Å². The van der Waals surface area contributed by atoms with Crippen LogP contribution >= 0.6 is 0 Å². The standard InChI is InChI=1S/C13H18N4/c1-10-12(6-8-14-2)17(3)16-13(10)11-5-4-7-15-9-11/h4-5,7,9,14H,6,8H2,1-3H3. The van der Waals surface area contributed by atoms with Gasteiger partial charge in [-0.3, -0.25) is 9.67 Å². The first-order valence-corrected chi connectivity index (χ1v) is 5.81. The third-order valence-corrected chi connectivity index (χ3v) is 2.98. The maximum Gasteiger partial charge on any atom is 0.0970 e. The lowest BCUT2D eigenvalue weighted by Crippen LogP contribution is -2.13. The summed E-state index contributed by atoms with van der Waals surface area (Å²) in [6.07, 6.45) is 4.63. The van der Waals surface area contributed by atoms with Crippen LogP contribution in [-0.4, -0.2) is 28.4 Å². The third-order valence-electron chi connectivity index (χ3n) is 2.98. The fourth-order valence-electron chi connectivity index (χ4n) is 2.03. The predicted octanol–water partition coefficient (Wildman–Crippen LogP) is 1.55. The average molecular weight is 230 g/mol. The fraction of sp³-hybridized carbons (Fsp3) is 0.385. The highest BCUT2D eigenvalue weighted by Crippen LogP contribution is 2.23. The molecule has 0 radical (unpaired) electrons. The van der Waals surface area contributed by atoms with Crippen LogP contribution in [0.2, 0.25) is 0 Å². The first kappa shape index (κ1) is 11.8. The van der Waals surface area contributed by atoms with Gasteiger partial charge in [0, 0.05) is 43.7 Å². The van der Waals surface area contributed by atoms with Crippen molar-refractivity contribution in [1.29, 1.82) is 0 Å². The van der Waals surface area contributed by atoms with Crippen LogP contribution in [0, 0.1) is 6.92 Å². The summed E-state index contributed by atoms with van der Waals surface area (Å²) in [5.41, 5.74) is 4.64. The van der Waals surface area contributed by atoms with E-state index in [9.17, 15) is 0 Å². The van der Waals surface area contributed by atoms with E-state index < -0.39 is 0 Å². The van der Waals surface area contributed by atoms with Crippen molar-refractivity contribution >= 4 is 0 Å². The molecule has 0 aliphatic carbocycles. The van der Waals surface area contributed by atoms with Gasteiger partial charge in [-0.05, 0) is 31.7 Å². The molecule has 0 atom stereocenters. The molecule has 0 aromatic carbocycles. The van der Waals surface area contributed by atoms with Crippen molar-refractivity contribution in [3.05, 3.63) is 35.8 Å². The fourth-order valence-corrected chi connectivity index (χ4v) is 2.03. The summed E-state index contributed by atoms with van der Waals surface area (Å²) >= 11 is 0. The number of aromatic nitrogens is 3. The van der Waals surface area contributed by atoms with Gasteiger partial charge in [-0.25, -0.2) is 0 Å². The molecule has 2 heterocycles. The number of likely N-dealkylation sites (N-methyl/N-ethyl adjacent to an activating group) is 1. The number of rotatable bonds is 4. The molecule has 0 fully saturated rings. The van der Waals surface area contributed by atoms with Gasteiger partial charge in [0.05, 0.1) is 5.69 Å². The lowest BCUT2D eigenvalue weighted by Gasteiger charge is -2.02. The molecule has 17 heavy (non-hydrogen) atoms. The molecule has 90 valence electrons. The Balaban J connectivity index is 2.37. The summed E-state index contributed by atoms with van der Waals surface area (Å²) in [4.78, 5) is 4.14. The summed E-state index contributed by atoms with van der Waals surface area (Å²) in [5, 5.41) is 7.75. The second kappa shape index (κ2) is 5.10. The maximum atomic E-state index is 4.58. The highest BCUT2D eigenvalue weighted by Gasteiger charge is 2.13. The molecule has 2 rings (SSSR count). The van der Waals surface area contributed by atoms with Gasteiger partial charge in [0.1, 0.15) is 0 Å². The smallest absolute Gasteiger partial charge is 0.0970 e. The molecule has 0 aliphatic rings. The Hall–Kier alpha value is -1.68. The Morgan fingerprint density at radius 2 is 2.24 bits per heavy atom. The number of nitrogens with zero attached hydrogens (tertiary/aromatic N) is 3. The van der Waals surface area contributed by atoms with Crippen LogP contribution in [0.5, 0.6) is 0 Å². The second-order valence-electron chi connectivity index (χ2n) is 4.14. The molecule has 0 amide bonds. The number of hydrogen-bond acceptors (Lipinski definition) is 3. The lowest BCUT2D eigenvalue weighted by molar-refractivity contribution is 0.680. The summed E-state index contributed by atoms with van der Waals surface area (Å²) < 4.78 is 1.97. The number of pyridine rings is 1. The Bertz CT molecular complexity index is 488. The van der Waals surface area contributed by atoms with Crippen LogP contribution in [0.25, 0.3) is 11.3 Å². The molecule has 4 heteroatoms. The molecule has 0 unspecified atom stereocenters. The van der Waals surface area contributed by atoms with Gasteiger partial charge in [0.15, 0.2) is 0 Å². The molecule has 4 nitrogen and oxygen atoms in total. The second-order valence-corrected chi connectivity index (χ2v) is 4.14. The third kappa shape index (κ3) is 2.36. The zero-order chi connectivity index (χ0) is 12.3. The van der Waals surface area contributed by atoms with Crippen LogP contribution < -0.4 is 5.32 Å². The Morgan fingerprint density at radius 3 is 2.88 bits per heavy atom. The van der Waals surface area contributed by atoms with Crippen LogP contribution in [0.3, 0.4) is 0 Å². The minimum atomic E-state index is 0.965. The van der Waals surface area contributed by atoms with Gasteiger partial charge in [-0.15, -0.1) is 0 Å². The van der Waals surface area contributed by atoms with E-state index in [1.54, 1.807) is 6.20 Å². The average Bonchev–Trinajstić information content (AvgIpc) is 2.64. The van der Waals surface area contributed by atoms with Gasteiger partial charge in [0.2, 0.25) is 0 Å². The van der Waals surface area contributed by atoms with Crippen molar-refractivity contribution in [2.75, 3.05) is 13.6 Å². The highest BCUT2D eigenvalue weighted by atomic mass is 15.3. The van der Waals surface area contributed by atoms with E-state index in [1.807, 2.05) is 37.1 Å². The Morgan fingerprint density at radius 1 is 1.41 bits per heavy atom. The van der Waals surface area contributed by atoms with E-state index >= 15 is 0 Å². The van der Waals surface area contributed by atoms with Crippen LogP contribution in [0.4, 0.5) is 0 Å². The Kier molecular flexibility index (Phi) is 3.54.